The molecule has 0 saturated carbocycles. The van der Waals surface area contributed by atoms with Gasteiger partial charge in [-0.05, 0) is 32.3 Å². The third kappa shape index (κ3) is 3.38. The van der Waals surface area contributed by atoms with Crippen molar-refractivity contribution in [3.05, 3.63) is 23.2 Å². The first kappa shape index (κ1) is 12.8. The van der Waals surface area contributed by atoms with Crippen molar-refractivity contribution in [2.75, 3.05) is 13.2 Å². The van der Waals surface area contributed by atoms with Crippen molar-refractivity contribution in [1.29, 1.82) is 0 Å². The van der Waals surface area contributed by atoms with E-state index in [2.05, 4.69) is 5.32 Å². The van der Waals surface area contributed by atoms with Crippen LogP contribution in [-0.4, -0.2) is 24.2 Å². The fourth-order valence-electron chi connectivity index (χ4n) is 1.54. The number of aryl methyl sites for hydroxylation is 2. The first-order valence-electron chi connectivity index (χ1n) is 5.50. The zero-order valence-electron chi connectivity index (χ0n) is 10.0. The zero-order valence-corrected chi connectivity index (χ0v) is 10.0. The molecule has 0 saturated heterocycles. The SMILES string of the molecule is Cc1cc(C)c(C(=O)NCC(C)CCO)o1. The van der Waals surface area contributed by atoms with Crippen molar-refractivity contribution < 1.29 is 14.3 Å². The van der Waals surface area contributed by atoms with Crippen molar-refractivity contribution in [2.45, 2.75) is 27.2 Å². The van der Waals surface area contributed by atoms with Crippen molar-refractivity contribution in [1.82, 2.24) is 5.32 Å². The van der Waals surface area contributed by atoms with Gasteiger partial charge in [-0.25, -0.2) is 0 Å². The van der Waals surface area contributed by atoms with E-state index in [1.54, 1.807) is 0 Å². The van der Waals surface area contributed by atoms with Gasteiger partial charge < -0.3 is 14.8 Å². The van der Waals surface area contributed by atoms with Gasteiger partial charge in [0.25, 0.3) is 5.91 Å². The molecule has 1 unspecified atom stereocenters. The van der Waals surface area contributed by atoms with E-state index >= 15 is 0 Å². The first-order valence-corrected chi connectivity index (χ1v) is 5.50. The Kier molecular flexibility index (Phi) is 4.55. The highest BCUT2D eigenvalue weighted by molar-refractivity contribution is 5.92. The molecule has 1 aromatic rings. The first-order chi connectivity index (χ1) is 7.54. The summed E-state index contributed by atoms with van der Waals surface area (Å²) in [7, 11) is 0. The van der Waals surface area contributed by atoms with Gasteiger partial charge >= 0.3 is 0 Å². The van der Waals surface area contributed by atoms with Crippen molar-refractivity contribution in [3.8, 4) is 0 Å². The van der Waals surface area contributed by atoms with Gasteiger partial charge in [0.05, 0.1) is 0 Å². The lowest BCUT2D eigenvalue weighted by Crippen LogP contribution is -2.28. The number of aliphatic hydroxyl groups is 1. The number of aliphatic hydroxyl groups excluding tert-OH is 1. The fourth-order valence-corrected chi connectivity index (χ4v) is 1.54. The van der Waals surface area contributed by atoms with Crippen molar-refractivity contribution >= 4 is 5.91 Å². The Morgan fingerprint density at radius 2 is 2.25 bits per heavy atom. The molecule has 1 atom stereocenters. The van der Waals surface area contributed by atoms with Gasteiger partial charge in [0.1, 0.15) is 5.76 Å². The van der Waals surface area contributed by atoms with Crippen molar-refractivity contribution in [2.24, 2.45) is 5.92 Å². The Labute approximate surface area is 95.7 Å². The predicted molar refractivity (Wildman–Crippen MR) is 61.4 cm³/mol. The van der Waals surface area contributed by atoms with Crippen molar-refractivity contribution in [3.63, 3.8) is 0 Å². The van der Waals surface area contributed by atoms with Gasteiger partial charge in [0, 0.05) is 18.7 Å². The number of carbonyl (C=O) groups is 1. The lowest BCUT2D eigenvalue weighted by atomic mass is 10.1. The summed E-state index contributed by atoms with van der Waals surface area (Å²) in [6.45, 7) is 6.35. The van der Waals surface area contributed by atoms with Crippen LogP contribution in [0.1, 0.15) is 35.2 Å². The minimum absolute atomic E-state index is 0.149. The predicted octanol–water partition coefficient (Wildman–Crippen LogP) is 1.64. The Bertz CT molecular complexity index is 357. The molecule has 0 radical (unpaired) electrons. The van der Waals surface area contributed by atoms with Gasteiger partial charge in [-0.3, -0.25) is 4.79 Å². The van der Waals surface area contributed by atoms with Crippen LogP contribution >= 0.6 is 0 Å². The maximum atomic E-state index is 11.7. The molecule has 1 aromatic heterocycles. The average molecular weight is 225 g/mol. The second-order valence-electron chi connectivity index (χ2n) is 4.20. The van der Waals surface area contributed by atoms with Gasteiger partial charge in [0.2, 0.25) is 0 Å². The summed E-state index contributed by atoms with van der Waals surface area (Å²) in [4.78, 5) is 11.7. The molecule has 0 aliphatic carbocycles. The Balaban J connectivity index is 2.50. The number of furan rings is 1. The minimum atomic E-state index is -0.185. The Morgan fingerprint density at radius 3 is 2.75 bits per heavy atom. The third-order valence-electron chi connectivity index (χ3n) is 2.48. The molecule has 0 aliphatic heterocycles. The highest BCUT2D eigenvalue weighted by Gasteiger charge is 2.14. The summed E-state index contributed by atoms with van der Waals surface area (Å²) in [5.41, 5.74) is 0.852. The van der Waals surface area contributed by atoms with Gasteiger partial charge in [-0.2, -0.15) is 0 Å². The summed E-state index contributed by atoms with van der Waals surface area (Å²) in [6, 6.07) is 1.84. The van der Waals surface area contributed by atoms with E-state index < -0.39 is 0 Å². The van der Waals surface area contributed by atoms with Gasteiger partial charge in [-0.1, -0.05) is 6.92 Å². The molecule has 90 valence electrons. The highest BCUT2D eigenvalue weighted by atomic mass is 16.3. The van der Waals surface area contributed by atoms with E-state index in [1.807, 2.05) is 26.8 Å². The smallest absolute Gasteiger partial charge is 0.287 e. The molecule has 4 nitrogen and oxygen atoms in total. The van der Waals surface area contributed by atoms with Crippen LogP contribution in [0.4, 0.5) is 0 Å². The van der Waals surface area contributed by atoms with Crippen LogP contribution in [0.3, 0.4) is 0 Å². The lowest BCUT2D eigenvalue weighted by Gasteiger charge is -2.10. The number of hydrogen-bond donors (Lipinski definition) is 2. The molecule has 4 heteroatoms. The second kappa shape index (κ2) is 5.70. The van der Waals surface area contributed by atoms with Crippen LogP contribution in [0.15, 0.2) is 10.5 Å². The number of nitrogens with one attached hydrogen (secondary N) is 1. The van der Waals surface area contributed by atoms with E-state index in [4.69, 9.17) is 9.52 Å². The summed E-state index contributed by atoms with van der Waals surface area (Å²) in [5.74, 6) is 1.21. The topological polar surface area (TPSA) is 62.5 Å². The Hall–Kier alpha value is -1.29. The summed E-state index contributed by atoms with van der Waals surface area (Å²) < 4.78 is 5.31. The third-order valence-corrected chi connectivity index (χ3v) is 2.48. The molecule has 16 heavy (non-hydrogen) atoms. The van der Waals surface area contributed by atoms with Gasteiger partial charge in [-0.15, -0.1) is 0 Å². The molecular formula is C12H19NO3. The standard InChI is InChI=1S/C12H19NO3/c1-8(4-5-14)7-13-12(15)11-9(2)6-10(3)16-11/h6,8,14H,4-5,7H2,1-3H3,(H,13,15). The van der Waals surface area contributed by atoms with E-state index in [1.165, 1.54) is 0 Å². The molecule has 2 N–H and O–H groups in total. The average Bonchev–Trinajstić information content (AvgIpc) is 2.55. The number of hydrogen-bond acceptors (Lipinski definition) is 3. The van der Waals surface area contributed by atoms with Crippen LogP contribution in [0.5, 0.6) is 0 Å². The molecule has 0 bridgehead atoms. The fraction of sp³-hybridized carbons (Fsp3) is 0.583. The molecule has 0 aliphatic rings. The molecule has 0 spiro atoms. The Morgan fingerprint density at radius 1 is 1.56 bits per heavy atom. The normalized spacial score (nSPS) is 12.5. The van der Waals surface area contributed by atoms with Gasteiger partial charge in [0.15, 0.2) is 5.76 Å². The lowest BCUT2D eigenvalue weighted by molar-refractivity contribution is 0.0915. The molecule has 1 heterocycles. The summed E-state index contributed by atoms with van der Waals surface area (Å²) in [5, 5.41) is 11.5. The number of rotatable bonds is 5. The van der Waals surface area contributed by atoms with E-state index in [0.29, 0.717) is 18.7 Å². The molecule has 1 amide bonds. The molecule has 0 aromatic carbocycles. The number of carbonyl (C=O) groups excluding carboxylic acids is 1. The van der Waals surface area contributed by atoms with Crippen LogP contribution in [0, 0.1) is 19.8 Å². The monoisotopic (exact) mass is 225 g/mol. The highest BCUT2D eigenvalue weighted by Crippen LogP contribution is 2.13. The minimum Gasteiger partial charge on any atom is -0.456 e. The van der Waals surface area contributed by atoms with Crippen LogP contribution < -0.4 is 5.32 Å². The largest absolute Gasteiger partial charge is 0.456 e. The zero-order chi connectivity index (χ0) is 12.1. The van der Waals surface area contributed by atoms with E-state index in [9.17, 15) is 4.79 Å². The summed E-state index contributed by atoms with van der Waals surface area (Å²) >= 11 is 0. The molecular weight excluding hydrogens is 206 g/mol. The molecule has 0 fully saturated rings. The second-order valence-corrected chi connectivity index (χ2v) is 4.20. The maximum Gasteiger partial charge on any atom is 0.287 e. The van der Waals surface area contributed by atoms with E-state index in [-0.39, 0.29) is 18.4 Å². The maximum absolute atomic E-state index is 11.7. The quantitative estimate of drug-likeness (QED) is 0.800. The van der Waals surface area contributed by atoms with Crippen LogP contribution in [-0.2, 0) is 0 Å². The number of amides is 1. The molecule has 1 rings (SSSR count). The van der Waals surface area contributed by atoms with Crippen LogP contribution in [0.2, 0.25) is 0 Å². The van der Waals surface area contributed by atoms with E-state index in [0.717, 1.165) is 11.3 Å². The summed E-state index contributed by atoms with van der Waals surface area (Å²) in [6.07, 6.45) is 0.691. The van der Waals surface area contributed by atoms with Crippen LogP contribution in [0.25, 0.3) is 0 Å².